The van der Waals surface area contributed by atoms with Gasteiger partial charge in [0.05, 0.1) is 0 Å². The van der Waals surface area contributed by atoms with Crippen LogP contribution in [0.1, 0.15) is 26.3 Å². The Morgan fingerprint density at radius 3 is 2.20 bits per heavy atom. The number of esters is 3. The molecule has 1 aliphatic heterocycles. The lowest BCUT2D eigenvalue weighted by Gasteiger charge is -2.43. The minimum atomic E-state index is -1.13. The van der Waals surface area contributed by atoms with Crippen molar-refractivity contribution in [1.29, 1.82) is 0 Å². The topological polar surface area (TPSA) is 137 Å². The lowest BCUT2D eigenvalue weighted by atomic mass is 9.98. The molecule has 1 saturated heterocycles. The Balaban J connectivity index is 2.41. The van der Waals surface area contributed by atoms with Gasteiger partial charge in [0, 0.05) is 30.6 Å². The Kier molecular flexibility index (Phi) is 8.52. The quantitative estimate of drug-likeness (QED) is 0.209. The zero-order chi connectivity index (χ0) is 22.3. The van der Waals surface area contributed by atoms with Crippen LogP contribution in [0.3, 0.4) is 0 Å². The summed E-state index contributed by atoms with van der Waals surface area (Å²) in [6.45, 7) is 5.32. The van der Waals surface area contributed by atoms with Crippen molar-refractivity contribution >= 4 is 29.7 Å². The van der Waals surface area contributed by atoms with Gasteiger partial charge >= 0.3 is 17.9 Å². The van der Waals surface area contributed by atoms with Crippen molar-refractivity contribution in [2.45, 2.75) is 62.4 Å². The van der Waals surface area contributed by atoms with E-state index in [1.165, 1.54) is 32.5 Å². The maximum Gasteiger partial charge on any atom is 0.303 e. The molecule has 30 heavy (non-hydrogen) atoms. The number of thioether (sulfide) groups is 1. The number of ether oxygens (including phenoxy) is 4. The fraction of sp³-hybridized carbons (Fsp3) is 0.526. The Morgan fingerprint density at radius 2 is 1.67 bits per heavy atom. The van der Waals surface area contributed by atoms with E-state index >= 15 is 0 Å². The lowest BCUT2D eigenvalue weighted by molar-refractivity contribution is -0.208. The summed E-state index contributed by atoms with van der Waals surface area (Å²) in [7, 11) is 0. The number of rotatable bonds is 7. The average Bonchev–Trinajstić information content (AvgIpc) is 2.66. The molecule has 0 N–H and O–H groups in total. The second-order valence-electron chi connectivity index (χ2n) is 6.62. The predicted octanol–water partition coefficient (Wildman–Crippen LogP) is 2.92. The molecule has 1 aliphatic rings. The molecule has 0 aromatic heterocycles. The fourth-order valence-corrected chi connectivity index (χ4v) is 4.02. The molecular formula is C19H23N3O7S. The molecule has 1 fully saturated rings. The highest BCUT2D eigenvalue weighted by atomic mass is 32.2. The predicted molar refractivity (Wildman–Crippen MR) is 106 cm³/mol. The Labute approximate surface area is 177 Å². The molecule has 0 spiro atoms. The molecule has 1 aromatic carbocycles. The highest BCUT2D eigenvalue weighted by Crippen LogP contribution is 2.37. The van der Waals surface area contributed by atoms with E-state index in [0.29, 0.717) is 0 Å². The first-order chi connectivity index (χ1) is 14.2. The minimum Gasteiger partial charge on any atom is -0.463 e. The van der Waals surface area contributed by atoms with Crippen LogP contribution in [0.4, 0.5) is 0 Å². The maximum atomic E-state index is 11.7. The highest BCUT2D eigenvalue weighted by Gasteiger charge is 2.50. The molecule has 2 rings (SSSR count). The third-order valence-corrected chi connectivity index (χ3v) is 5.29. The molecule has 0 amide bonds. The van der Waals surface area contributed by atoms with E-state index in [1.54, 1.807) is 0 Å². The number of carbonyl (C=O) groups excluding carboxylic acids is 3. The van der Waals surface area contributed by atoms with Gasteiger partial charge in [0.15, 0.2) is 12.2 Å². The molecule has 0 unspecified atom stereocenters. The van der Waals surface area contributed by atoms with Crippen molar-refractivity contribution in [2.24, 2.45) is 5.11 Å². The number of benzene rings is 1. The van der Waals surface area contributed by atoms with E-state index in [-0.39, 0.29) is 6.61 Å². The van der Waals surface area contributed by atoms with E-state index in [9.17, 15) is 14.4 Å². The number of nitrogens with zero attached hydrogens (tertiary/aromatic N) is 3. The van der Waals surface area contributed by atoms with Gasteiger partial charge in [-0.25, -0.2) is 0 Å². The van der Waals surface area contributed by atoms with Gasteiger partial charge in [-0.2, -0.15) is 0 Å². The van der Waals surface area contributed by atoms with Crippen LogP contribution in [0, 0.1) is 6.92 Å². The van der Waals surface area contributed by atoms with E-state index < -0.39 is 47.7 Å². The van der Waals surface area contributed by atoms with Gasteiger partial charge in [-0.1, -0.05) is 34.6 Å². The van der Waals surface area contributed by atoms with Crippen molar-refractivity contribution in [3.05, 3.63) is 40.3 Å². The van der Waals surface area contributed by atoms with Gasteiger partial charge in [0.25, 0.3) is 0 Å². The summed E-state index contributed by atoms with van der Waals surface area (Å²) in [5, 5.41) is 3.76. The molecule has 0 bridgehead atoms. The lowest BCUT2D eigenvalue weighted by Crippen LogP contribution is -2.59. The van der Waals surface area contributed by atoms with Gasteiger partial charge < -0.3 is 18.9 Å². The summed E-state index contributed by atoms with van der Waals surface area (Å²) >= 11 is 1.25. The zero-order valence-corrected chi connectivity index (χ0v) is 17.8. The normalized spacial score (nSPS) is 25.5. The molecule has 10 nitrogen and oxygen atoms in total. The Bertz CT molecular complexity index is 826. The number of hydrogen-bond donors (Lipinski definition) is 0. The summed E-state index contributed by atoms with van der Waals surface area (Å²) < 4.78 is 21.8. The molecular weight excluding hydrogens is 414 g/mol. The first kappa shape index (κ1) is 23.5. The Hall–Kier alpha value is -2.75. The van der Waals surface area contributed by atoms with Crippen molar-refractivity contribution in [3.8, 4) is 0 Å². The SMILES string of the molecule is CC(=O)OC[C@H]1O[C@H](Sc2ccc(C)cc2)[C@@H](N=[N+]=[N-])[C@@H](OC(C)=O)[C@@H]1OC(C)=O. The molecule has 1 aromatic rings. The van der Waals surface area contributed by atoms with Crippen LogP contribution in [0.5, 0.6) is 0 Å². The first-order valence-corrected chi connectivity index (χ1v) is 10.00. The van der Waals surface area contributed by atoms with Gasteiger partial charge in [0.1, 0.15) is 24.2 Å². The van der Waals surface area contributed by atoms with Gasteiger partial charge in [-0.3, -0.25) is 14.4 Å². The van der Waals surface area contributed by atoms with E-state index in [4.69, 9.17) is 24.5 Å². The van der Waals surface area contributed by atoms with E-state index in [1.807, 2.05) is 31.2 Å². The summed E-state index contributed by atoms with van der Waals surface area (Å²) in [6.07, 6.45) is -3.19. The highest BCUT2D eigenvalue weighted by molar-refractivity contribution is 7.99. The molecule has 0 radical (unpaired) electrons. The summed E-state index contributed by atoms with van der Waals surface area (Å²) in [5.74, 6) is -1.86. The monoisotopic (exact) mass is 437 g/mol. The molecule has 0 aliphatic carbocycles. The molecule has 162 valence electrons. The minimum absolute atomic E-state index is 0.237. The second kappa shape index (κ2) is 10.9. The maximum absolute atomic E-state index is 11.7. The third-order valence-electron chi connectivity index (χ3n) is 4.13. The van der Waals surface area contributed by atoms with Crippen LogP contribution in [-0.2, 0) is 33.3 Å². The molecule has 0 saturated carbocycles. The molecule has 1 heterocycles. The third kappa shape index (κ3) is 6.65. The Morgan fingerprint density at radius 1 is 1.07 bits per heavy atom. The largest absolute Gasteiger partial charge is 0.463 e. The van der Waals surface area contributed by atoms with Crippen molar-refractivity contribution < 1.29 is 33.3 Å². The zero-order valence-electron chi connectivity index (χ0n) is 17.0. The summed E-state index contributed by atoms with van der Waals surface area (Å²) in [6, 6.07) is 6.57. The van der Waals surface area contributed by atoms with E-state index in [2.05, 4.69) is 10.0 Å². The first-order valence-electron chi connectivity index (χ1n) is 9.12. The van der Waals surface area contributed by atoms with Crippen LogP contribution < -0.4 is 0 Å². The van der Waals surface area contributed by atoms with Crippen molar-refractivity contribution in [2.75, 3.05) is 6.61 Å². The van der Waals surface area contributed by atoms with Gasteiger partial charge in [-0.15, -0.1) is 0 Å². The summed E-state index contributed by atoms with van der Waals surface area (Å²) in [4.78, 5) is 38.4. The van der Waals surface area contributed by atoms with Crippen LogP contribution >= 0.6 is 11.8 Å². The van der Waals surface area contributed by atoms with Gasteiger partial charge in [-0.05, 0) is 24.6 Å². The van der Waals surface area contributed by atoms with Gasteiger partial charge in [0.2, 0.25) is 0 Å². The van der Waals surface area contributed by atoms with E-state index in [0.717, 1.165) is 10.5 Å². The number of carbonyl (C=O) groups is 3. The van der Waals surface area contributed by atoms with Crippen molar-refractivity contribution in [3.63, 3.8) is 0 Å². The number of hydrogen-bond acceptors (Lipinski definition) is 9. The number of azide groups is 1. The van der Waals surface area contributed by atoms with Crippen LogP contribution in [0.25, 0.3) is 10.4 Å². The smallest absolute Gasteiger partial charge is 0.303 e. The van der Waals surface area contributed by atoms with Crippen LogP contribution in [-0.4, -0.2) is 54.3 Å². The molecule has 11 heteroatoms. The van der Waals surface area contributed by atoms with Crippen LogP contribution in [0.15, 0.2) is 34.3 Å². The van der Waals surface area contributed by atoms with Crippen LogP contribution in [0.2, 0.25) is 0 Å². The number of aryl methyl sites for hydroxylation is 1. The van der Waals surface area contributed by atoms with Crippen molar-refractivity contribution in [1.82, 2.24) is 0 Å². The summed E-state index contributed by atoms with van der Waals surface area (Å²) in [5.41, 5.74) is 9.35. The average molecular weight is 437 g/mol. The standard InChI is InChI=1S/C19H23N3O7S/c1-10-5-7-14(8-6-10)30-19-16(21-22-20)18(28-13(4)25)17(27-12(3)24)15(29-19)9-26-11(2)23/h5-8,15-19H,9H2,1-4H3/t15-,16+,17-,18-,19-/m1/s1. The second-order valence-corrected chi connectivity index (χ2v) is 7.79. The fourth-order valence-electron chi connectivity index (χ4n) is 2.92. The molecule has 5 atom stereocenters.